The molecule has 4 heterocycles. The quantitative estimate of drug-likeness (QED) is 0.453. The zero-order valence-electron chi connectivity index (χ0n) is 16.0. The van der Waals surface area contributed by atoms with Crippen LogP contribution in [0.25, 0.3) is 11.0 Å². The molecule has 3 N–H and O–H groups in total. The van der Waals surface area contributed by atoms with Crippen LogP contribution in [0.15, 0.2) is 49.1 Å². The number of pyridine rings is 1. The second-order valence-corrected chi connectivity index (χ2v) is 6.68. The molecular weight excluding hydrogens is 372 g/mol. The SMILES string of the molecule is CC(C)n1cc(Nc2nc(N[C@@H](C)c3ccccn3)c3cc[nH]c3n2)cn1.S. The van der Waals surface area contributed by atoms with Crippen molar-refractivity contribution >= 4 is 42.0 Å². The lowest BCUT2D eigenvalue weighted by molar-refractivity contribution is 0.532. The predicted octanol–water partition coefficient (Wildman–Crippen LogP) is 4.16. The Kier molecular flexibility index (Phi) is 5.84. The van der Waals surface area contributed by atoms with E-state index in [9.17, 15) is 0 Å². The lowest BCUT2D eigenvalue weighted by Crippen LogP contribution is -2.11. The van der Waals surface area contributed by atoms with Crippen molar-refractivity contribution in [3.05, 3.63) is 54.7 Å². The van der Waals surface area contributed by atoms with Crippen molar-refractivity contribution in [2.75, 3.05) is 10.6 Å². The summed E-state index contributed by atoms with van der Waals surface area (Å²) in [5.74, 6) is 1.25. The van der Waals surface area contributed by atoms with Crippen molar-refractivity contribution in [2.45, 2.75) is 32.9 Å². The molecule has 0 saturated carbocycles. The van der Waals surface area contributed by atoms with Gasteiger partial charge in [-0.3, -0.25) is 9.67 Å². The summed E-state index contributed by atoms with van der Waals surface area (Å²) >= 11 is 0. The van der Waals surface area contributed by atoms with Gasteiger partial charge in [-0.15, -0.1) is 0 Å². The van der Waals surface area contributed by atoms with Gasteiger partial charge in [0.2, 0.25) is 5.95 Å². The van der Waals surface area contributed by atoms with Crippen LogP contribution < -0.4 is 10.6 Å². The largest absolute Gasteiger partial charge is 0.361 e. The lowest BCUT2D eigenvalue weighted by Gasteiger charge is -2.15. The number of nitrogens with zero attached hydrogens (tertiary/aromatic N) is 5. The topological polar surface area (TPSA) is 96.3 Å². The van der Waals surface area contributed by atoms with Gasteiger partial charge in [0.05, 0.1) is 29.0 Å². The van der Waals surface area contributed by atoms with Crippen molar-refractivity contribution in [1.82, 2.24) is 29.7 Å². The van der Waals surface area contributed by atoms with Gasteiger partial charge in [0.15, 0.2) is 0 Å². The Balaban J connectivity index is 0.00000225. The number of aromatic amines is 1. The van der Waals surface area contributed by atoms with Crippen LogP contribution in [0.4, 0.5) is 17.5 Å². The molecular formula is C19H24N8S. The van der Waals surface area contributed by atoms with Crippen LogP contribution in [0.1, 0.15) is 38.5 Å². The minimum absolute atomic E-state index is 0. The van der Waals surface area contributed by atoms with Crippen LogP contribution in [0.5, 0.6) is 0 Å². The van der Waals surface area contributed by atoms with Crippen molar-refractivity contribution in [3.8, 4) is 0 Å². The number of nitrogens with one attached hydrogen (secondary N) is 3. The molecule has 0 aliphatic rings. The Morgan fingerprint density at radius 1 is 1.11 bits per heavy atom. The third-order valence-electron chi connectivity index (χ3n) is 4.29. The van der Waals surface area contributed by atoms with Crippen molar-refractivity contribution in [3.63, 3.8) is 0 Å². The molecule has 28 heavy (non-hydrogen) atoms. The Morgan fingerprint density at radius 2 is 1.96 bits per heavy atom. The zero-order valence-corrected chi connectivity index (χ0v) is 17.0. The molecule has 4 aromatic heterocycles. The molecule has 1 atom stereocenters. The number of rotatable bonds is 6. The molecule has 0 bridgehead atoms. The van der Waals surface area contributed by atoms with Crippen LogP contribution in [-0.2, 0) is 0 Å². The maximum Gasteiger partial charge on any atom is 0.231 e. The summed E-state index contributed by atoms with van der Waals surface area (Å²) in [5, 5.41) is 11.9. The maximum atomic E-state index is 4.67. The van der Waals surface area contributed by atoms with Crippen LogP contribution >= 0.6 is 13.5 Å². The normalized spacial score (nSPS) is 12.0. The van der Waals surface area contributed by atoms with Gasteiger partial charge < -0.3 is 15.6 Å². The molecule has 4 aromatic rings. The molecule has 0 amide bonds. The summed E-state index contributed by atoms with van der Waals surface area (Å²) < 4.78 is 1.89. The molecule has 0 radical (unpaired) electrons. The predicted molar refractivity (Wildman–Crippen MR) is 116 cm³/mol. The molecule has 0 saturated heterocycles. The summed E-state index contributed by atoms with van der Waals surface area (Å²) in [4.78, 5) is 16.8. The smallest absolute Gasteiger partial charge is 0.231 e. The van der Waals surface area contributed by atoms with E-state index in [0.29, 0.717) is 12.0 Å². The van der Waals surface area contributed by atoms with E-state index in [1.54, 1.807) is 12.4 Å². The van der Waals surface area contributed by atoms with E-state index in [1.807, 2.05) is 41.3 Å². The average molecular weight is 397 g/mol. The van der Waals surface area contributed by atoms with E-state index in [0.717, 1.165) is 28.2 Å². The minimum atomic E-state index is 0. The summed E-state index contributed by atoms with van der Waals surface area (Å²) in [6.45, 7) is 6.22. The highest BCUT2D eigenvalue weighted by Gasteiger charge is 2.13. The first-order valence-electron chi connectivity index (χ1n) is 8.94. The van der Waals surface area contributed by atoms with Gasteiger partial charge in [-0.1, -0.05) is 6.07 Å². The van der Waals surface area contributed by atoms with E-state index in [-0.39, 0.29) is 19.5 Å². The molecule has 146 valence electrons. The van der Waals surface area contributed by atoms with E-state index in [2.05, 4.69) is 56.4 Å². The fraction of sp³-hybridized carbons (Fsp3) is 0.263. The third kappa shape index (κ3) is 4.09. The highest BCUT2D eigenvalue weighted by molar-refractivity contribution is 7.59. The van der Waals surface area contributed by atoms with Gasteiger partial charge in [-0.25, -0.2) is 0 Å². The standard InChI is InChI=1S/C19H22N8.H2S/c1-12(2)27-11-14(10-22-27)24-19-25-17-15(7-9-21-17)18(26-19)23-13(3)16-6-4-5-8-20-16;/h4-13H,1-3H3,(H3,21,23,24,25,26);1H2/t13-;/m0./s1. The van der Waals surface area contributed by atoms with Crippen molar-refractivity contribution < 1.29 is 0 Å². The van der Waals surface area contributed by atoms with Gasteiger partial charge in [0.1, 0.15) is 11.5 Å². The highest BCUT2D eigenvalue weighted by Crippen LogP contribution is 2.26. The highest BCUT2D eigenvalue weighted by atomic mass is 32.1. The number of hydrogen-bond donors (Lipinski definition) is 3. The summed E-state index contributed by atoms with van der Waals surface area (Å²) in [6, 6.07) is 8.14. The van der Waals surface area contributed by atoms with E-state index < -0.39 is 0 Å². The first-order chi connectivity index (χ1) is 13.1. The Morgan fingerprint density at radius 3 is 2.68 bits per heavy atom. The number of anilines is 3. The molecule has 0 spiro atoms. The monoisotopic (exact) mass is 396 g/mol. The number of H-pyrrole nitrogens is 1. The van der Waals surface area contributed by atoms with Crippen LogP contribution in [0, 0.1) is 0 Å². The van der Waals surface area contributed by atoms with Gasteiger partial charge in [0.25, 0.3) is 0 Å². The molecule has 0 aliphatic carbocycles. The van der Waals surface area contributed by atoms with E-state index in [4.69, 9.17) is 0 Å². The van der Waals surface area contributed by atoms with Gasteiger partial charge >= 0.3 is 0 Å². The number of aromatic nitrogens is 6. The maximum absolute atomic E-state index is 4.67. The van der Waals surface area contributed by atoms with Crippen molar-refractivity contribution in [1.29, 1.82) is 0 Å². The van der Waals surface area contributed by atoms with Gasteiger partial charge in [-0.2, -0.15) is 28.6 Å². The lowest BCUT2D eigenvalue weighted by atomic mass is 10.2. The van der Waals surface area contributed by atoms with Crippen LogP contribution in [0.2, 0.25) is 0 Å². The van der Waals surface area contributed by atoms with E-state index in [1.165, 1.54) is 0 Å². The fourth-order valence-electron chi connectivity index (χ4n) is 2.83. The van der Waals surface area contributed by atoms with Gasteiger partial charge in [-0.05, 0) is 39.0 Å². The number of fused-ring (bicyclic) bond motifs is 1. The second kappa shape index (κ2) is 8.30. The molecule has 0 unspecified atom stereocenters. The first kappa shape index (κ1) is 19.7. The Bertz CT molecular complexity index is 1040. The zero-order chi connectivity index (χ0) is 18.8. The molecule has 4 rings (SSSR count). The molecule has 8 nitrogen and oxygen atoms in total. The van der Waals surface area contributed by atoms with E-state index >= 15 is 0 Å². The van der Waals surface area contributed by atoms with Crippen LogP contribution in [-0.4, -0.2) is 29.7 Å². The Hall–Kier alpha value is -3.07. The molecule has 0 aliphatic heterocycles. The Labute approximate surface area is 170 Å². The minimum Gasteiger partial charge on any atom is -0.361 e. The molecule has 0 fully saturated rings. The number of hydrogen-bond acceptors (Lipinski definition) is 6. The van der Waals surface area contributed by atoms with Crippen LogP contribution in [0.3, 0.4) is 0 Å². The summed E-state index contributed by atoms with van der Waals surface area (Å²) in [5.41, 5.74) is 2.56. The summed E-state index contributed by atoms with van der Waals surface area (Å²) in [7, 11) is 0. The third-order valence-corrected chi connectivity index (χ3v) is 4.29. The molecule has 9 heteroatoms. The summed E-state index contributed by atoms with van der Waals surface area (Å²) in [6.07, 6.45) is 7.36. The fourth-order valence-corrected chi connectivity index (χ4v) is 2.83. The van der Waals surface area contributed by atoms with Gasteiger partial charge in [0, 0.05) is 24.6 Å². The second-order valence-electron chi connectivity index (χ2n) is 6.68. The molecule has 0 aromatic carbocycles. The van der Waals surface area contributed by atoms with Crippen molar-refractivity contribution in [2.24, 2.45) is 0 Å². The first-order valence-corrected chi connectivity index (χ1v) is 8.94. The average Bonchev–Trinajstić information content (AvgIpc) is 3.32.